The lowest BCUT2D eigenvalue weighted by Gasteiger charge is -2.16. The first-order valence-corrected chi connectivity index (χ1v) is 7.15. The van der Waals surface area contributed by atoms with Gasteiger partial charge in [-0.2, -0.15) is 0 Å². The number of amides is 1. The summed E-state index contributed by atoms with van der Waals surface area (Å²) in [7, 11) is 0. The van der Waals surface area contributed by atoms with Gasteiger partial charge in [0, 0.05) is 17.5 Å². The highest BCUT2D eigenvalue weighted by atomic mass is 35.5. The molecule has 0 aliphatic rings. The van der Waals surface area contributed by atoms with Gasteiger partial charge in [0.15, 0.2) is 0 Å². The number of nitro groups is 1. The van der Waals surface area contributed by atoms with Gasteiger partial charge >= 0.3 is 0 Å². The fraction of sp³-hybridized carbons (Fsp3) is 0.500. The van der Waals surface area contributed by atoms with Gasteiger partial charge < -0.3 is 11.1 Å². The van der Waals surface area contributed by atoms with E-state index in [2.05, 4.69) is 19.2 Å². The Morgan fingerprint density at radius 2 is 2.14 bits per heavy atom. The van der Waals surface area contributed by atoms with Crippen LogP contribution in [-0.4, -0.2) is 17.4 Å². The summed E-state index contributed by atoms with van der Waals surface area (Å²) < 4.78 is 0. The van der Waals surface area contributed by atoms with E-state index in [0.29, 0.717) is 12.5 Å². The molecule has 6 nitrogen and oxygen atoms in total. The number of benzene rings is 1. The summed E-state index contributed by atoms with van der Waals surface area (Å²) in [4.78, 5) is 22.4. The molecule has 116 valence electrons. The predicted molar refractivity (Wildman–Crippen MR) is 83.4 cm³/mol. The second-order valence-electron chi connectivity index (χ2n) is 5.40. The molecule has 0 aliphatic heterocycles. The molecule has 1 aromatic rings. The number of halogens is 1. The fourth-order valence-corrected chi connectivity index (χ4v) is 2.32. The molecule has 0 radical (unpaired) electrons. The molecule has 7 heteroatoms. The van der Waals surface area contributed by atoms with Crippen LogP contribution >= 0.6 is 11.6 Å². The van der Waals surface area contributed by atoms with Crippen molar-refractivity contribution in [2.75, 3.05) is 11.9 Å². The van der Waals surface area contributed by atoms with Crippen molar-refractivity contribution in [2.24, 2.45) is 17.6 Å². The molecule has 3 N–H and O–H groups in total. The van der Waals surface area contributed by atoms with E-state index in [1.54, 1.807) is 0 Å². The first kappa shape index (κ1) is 17.4. The van der Waals surface area contributed by atoms with Crippen LogP contribution in [0.25, 0.3) is 0 Å². The number of nitrogens with one attached hydrogen (secondary N) is 1. The Kier molecular flexibility index (Phi) is 6.58. The lowest BCUT2D eigenvalue weighted by molar-refractivity contribution is -0.383. The number of nitro benzene ring substituents is 1. The molecule has 1 rings (SSSR count). The monoisotopic (exact) mass is 313 g/mol. The zero-order valence-electron chi connectivity index (χ0n) is 12.1. The van der Waals surface area contributed by atoms with E-state index in [4.69, 9.17) is 17.3 Å². The van der Waals surface area contributed by atoms with Crippen LogP contribution in [0.5, 0.6) is 0 Å². The van der Waals surface area contributed by atoms with Gasteiger partial charge in [0.05, 0.1) is 4.92 Å². The van der Waals surface area contributed by atoms with Crippen molar-refractivity contribution in [3.8, 4) is 0 Å². The maximum absolute atomic E-state index is 12.0. The minimum atomic E-state index is -0.573. The number of nitrogens with two attached hydrogens (primary N) is 1. The average Bonchev–Trinajstić information content (AvgIpc) is 2.39. The van der Waals surface area contributed by atoms with Gasteiger partial charge in [-0.15, -0.1) is 0 Å². The van der Waals surface area contributed by atoms with Crippen molar-refractivity contribution < 1.29 is 9.72 Å². The number of hydrogen-bond donors (Lipinski definition) is 2. The lowest BCUT2D eigenvalue weighted by Crippen LogP contribution is -2.23. The maximum Gasteiger partial charge on any atom is 0.294 e. The van der Waals surface area contributed by atoms with E-state index in [-0.39, 0.29) is 34.6 Å². The van der Waals surface area contributed by atoms with Gasteiger partial charge in [-0.05, 0) is 36.9 Å². The second-order valence-corrected chi connectivity index (χ2v) is 5.84. The number of rotatable bonds is 7. The molecule has 0 saturated carbocycles. The molecule has 0 bridgehead atoms. The van der Waals surface area contributed by atoms with Crippen molar-refractivity contribution in [1.29, 1.82) is 0 Å². The third-order valence-electron chi connectivity index (χ3n) is 3.04. The number of nitrogens with zero attached hydrogens (tertiary/aromatic N) is 1. The molecular formula is C14H20ClN3O3. The molecule has 0 saturated heterocycles. The Morgan fingerprint density at radius 1 is 1.48 bits per heavy atom. The first-order chi connectivity index (χ1) is 9.83. The number of carbonyl (C=O) groups is 1. The third-order valence-corrected chi connectivity index (χ3v) is 3.28. The second kappa shape index (κ2) is 7.95. The molecule has 0 spiro atoms. The van der Waals surface area contributed by atoms with Crippen LogP contribution < -0.4 is 11.1 Å². The first-order valence-electron chi connectivity index (χ1n) is 6.77. The molecular weight excluding hydrogens is 294 g/mol. The SMILES string of the molecule is CC(C)CC(CN)CC(=O)Nc1ccc(Cl)cc1[N+](=O)[O-]. The summed E-state index contributed by atoms with van der Waals surface area (Å²) in [6.45, 7) is 4.53. The minimum absolute atomic E-state index is 0.0661. The third kappa shape index (κ3) is 5.69. The zero-order chi connectivity index (χ0) is 16.0. The molecule has 1 amide bonds. The fourth-order valence-electron chi connectivity index (χ4n) is 2.15. The van der Waals surface area contributed by atoms with Gasteiger partial charge in [0.25, 0.3) is 5.69 Å². The summed E-state index contributed by atoms with van der Waals surface area (Å²) in [6, 6.07) is 4.14. The molecule has 21 heavy (non-hydrogen) atoms. The Morgan fingerprint density at radius 3 is 2.67 bits per heavy atom. The van der Waals surface area contributed by atoms with Crippen LogP contribution in [0.4, 0.5) is 11.4 Å². The lowest BCUT2D eigenvalue weighted by atomic mass is 9.94. The van der Waals surface area contributed by atoms with Crippen molar-refractivity contribution in [1.82, 2.24) is 0 Å². The van der Waals surface area contributed by atoms with E-state index in [1.165, 1.54) is 18.2 Å². The van der Waals surface area contributed by atoms with Crippen LogP contribution in [-0.2, 0) is 4.79 Å². The van der Waals surface area contributed by atoms with Gasteiger partial charge in [-0.25, -0.2) is 0 Å². The van der Waals surface area contributed by atoms with E-state index in [1.807, 2.05) is 0 Å². The normalized spacial score (nSPS) is 12.2. The van der Waals surface area contributed by atoms with Gasteiger partial charge in [0.1, 0.15) is 5.69 Å². The molecule has 0 fully saturated rings. The maximum atomic E-state index is 12.0. The summed E-state index contributed by atoms with van der Waals surface area (Å²) >= 11 is 5.73. The summed E-state index contributed by atoms with van der Waals surface area (Å²) in [6.07, 6.45) is 1.08. The number of anilines is 1. The molecule has 0 aromatic heterocycles. The van der Waals surface area contributed by atoms with Crippen LogP contribution in [0, 0.1) is 22.0 Å². The van der Waals surface area contributed by atoms with Crippen LogP contribution in [0.2, 0.25) is 5.02 Å². The molecule has 1 unspecified atom stereocenters. The molecule has 0 aliphatic carbocycles. The van der Waals surface area contributed by atoms with Gasteiger partial charge in [-0.3, -0.25) is 14.9 Å². The number of carbonyl (C=O) groups excluding carboxylic acids is 1. The Balaban J connectivity index is 2.77. The van der Waals surface area contributed by atoms with E-state index in [9.17, 15) is 14.9 Å². The van der Waals surface area contributed by atoms with Gasteiger partial charge in [-0.1, -0.05) is 25.4 Å². The minimum Gasteiger partial charge on any atom is -0.330 e. The molecule has 1 atom stereocenters. The van der Waals surface area contributed by atoms with Crippen molar-refractivity contribution >= 4 is 28.9 Å². The van der Waals surface area contributed by atoms with Crippen LogP contribution in [0.15, 0.2) is 18.2 Å². The van der Waals surface area contributed by atoms with Crippen molar-refractivity contribution in [3.63, 3.8) is 0 Å². The van der Waals surface area contributed by atoms with Crippen LogP contribution in [0.3, 0.4) is 0 Å². The predicted octanol–water partition coefficient (Wildman–Crippen LogP) is 3.20. The number of hydrogen-bond acceptors (Lipinski definition) is 4. The quantitative estimate of drug-likeness (QED) is 0.596. The van der Waals surface area contributed by atoms with Crippen molar-refractivity contribution in [2.45, 2.75) is 26.7 Å². The van der Waals surface area contributed by atoms with E-state index < -0.39 is 4.92 Å². The topological polar surface area (TPSA) is 98.3 Å². The largest absolute Gasteiger partial charge is 0.330 e. The Labute approximate surface area is 128 Å². The summed E-state index contributed by atoms with van der Waals surface area (Å²) in [5, 5.41) is 13.8. The van der Waals surface area contributed by atoms with E-state index in [0.717, 1.165) is 6.42 Å². The summed E-state index contributed by atoms with van der Waals surface area (Å²) in [5.41, 5.74) is 5.58. The molecule has 1 aromatic carbocycles. The van der Waals surface area contributed by atoms with E-state index >= 15 is 0 Å². The standard InChI is InChI=1S/C14H20ClN3O3/c1-9(2)5-10(8-16)6-14(19)17-12-4-3-11(15)7-13(12)18(20)21/h3-4,7,9-10H,5-6,8,16H2,1-2H3,(H,17,19). The smallest absolute Gasteiger partial charge is 0.294 e. The highest BCUT2D eigenvalue weighted by Gasteiger charge is 2.19. The average molecular weight is 314 g/mol. The van der Waals surface area contributed by atoms with Crippen LogP contribution in [0.1, 0.15) is 26.7 Å². The zero-order valence-corrected chi connectivity index (χ0v) is 12.9. The highest BCUT2D eigenvalue weighted by Crippen LogP contribution is 2.28. The summed E-state index contributed by atoms with van der Waals surface area (Å²) in [5.74, 6) is 0.226. The molecule has 0 heterocycles. The van der Waals surface area contributed by atoms with Gasteiger partial charge in [0.2, 0.25) is 5.91 Å². The van der Waals surface area contributed by atoms with Crippen molar-refractivity contribution in [3.05, 3.63) is 33.3 Å². The Hall–Kier alpha value is -1.66. The Bertz CT molecular complexity index is 520. The highest BCUT2D eigenvalue weighted by molar-refractivity contribution is 6.31.